The molecule has 0 bridgehead atoms. The van der Waals surface area contributed by atoms with Crippen LogP contribution < -0.4 is 4.74 Å². The summed E-state index contributed by atoms with van der Waals surface area (Å²) in [6.45, 7) is 1.48. The molecule has 3 nitrogen and oxygen atoms in total. The summed E-state index contributed by atoms with van der Waals surface area (Å²) in [7, 11) is 0. The second-order valence-corrected chi connectivity index (χ2v) is 9.33. The molecule has 0 amide bonds. The molecule has 0 unspecified atom stereocenters. The lowest BCUT2D eigenvalue weighted by molar-refractivity contribution is 0.0601. The van der Waals surface area contributed by atoms with Crippen LogP contribution in [0, 0.1) is 5.82 Å². The number of fused-ring (bicyclic) bond motifs is 1. The molecule has 0 saturated heterocycles. The number of hydrogen-bond acceptors (Lipinski definition) is 3. The average molecular weight is 500 g/mol. The Bertz CT molecular complexity index is 1290. The molecule has 182 valence electrons. The number of nitrogens with zero attached hydrogens (tertiary/aromatic N) is 1. The zero-order chi connectivity index (χ0) is 24.9. The summed E-state index contributed by atoms with van der Waals surface area (Å²) in [5, 5.41) is 11.3. The molecule has 5 heteroatoms. The molecule has 0 heterocycles. The molecule has 5 rings (SSSR count). The van der Waals surface area contributed by atoms with Gasteiger partial charge in [-0.1, -0.05) is 115 Å². The molecule has 0 aromatic heterocycles. The first-order chi connectivity index (χ1) is 17.6. The van der Waals surface area contributed by atoms with Crippen molar-refractivity contribution in [2.75, 3.05) is 0 Å². The Labute approximate surface area is 216 Å². The first-order valence-corrected chi connectivity index (χ1v) is 12.3. The van der Waals surface area contributed by atoms with Crippen molar-refractivity contribution in [3.63, 3.8) is 0 Å². The number of hydrogen-bond donors (Lipinski definition) is 1. The van der Waals surface area contributed by atoms with Crippen LogP contribution in [-0.4, -0.2) is 16.0 Å². The highest BCUT2D eigenvalue weighted by Gasteiger charge is 2.33. The molecule has 0 fully saturated rings. The Morgan fingerprint density at radius 1 is 0.806 bits per heavy atom. The van der Waals surface area contributed by atoms with Gasteiger partial charge in [0.05, 0.1) is 6.04 Å². The van der Waals surface area contributed by atoms with Crippen molar-refractivity contribution in [3.8, 4) is 5.75 Å². The highest BCUT2D eigenvalue weighted by molar-refractivity contribution is 6.32. The Balaban J connectivity index is 1.43. The van der Waals surface area contributed by atoms with E-state index < -0.39 is 18.0 Å². The molecule has 36 heavy (non-hydrogen) atoms. The van der Waals surface area contributed by atoms with Gasteiger partial charge in [0.2, 0.25) is 0 Å². The third kappa shape index (κ3) is 5.36. The van der Waals surface area contributed by atoms with E-state index in [1.807, 2.05) is 78.9 Å². The minimum atomic E-state index is -1.09. The van der Waals surface area contributed by atoms with Crippen molar-refractivity contribution < 1.29 is 14.2 Å². The number of aliphatic hydroxyl groups excluding tert-OH is 1. The van der Waals surface area contributed by atoms with Gasteiger partial charge in [0.1, 0.15) is 23.5 Å². The fourth-order valence-electron chi connectivity index (χ4n) is 4.62. The predicted molar refractivity (Wildman–Crippen MR) is 142 cm³/mol. The van der Waals surface area contributed by atoms with Crippen molar-refractivity contribution in [3.05, 3.63) is 142 Å². The summed E-state index contributed by atoms with van der Waals surface area (Å²) in [5.41, 5.74) is 3.96. The maximum absolute atomic E-state index is 15.6. The minimum absolute atomic E-state index is 0.115. The van der Waals surface area contributed by atoms with Crippen LogP contribution in [0.15, 0.2) is 103 Å². The Morgan fingerprint density at radius 3 is 1.89 bits per heavy atom. The van der Waals surface area contributed by atoms with Gasteiger partial charge in [0.15, 0.2) is 5.82 Å². The largest absolute Gasteiger partial charge is 0.487 e. The highest BCUT2D eigenvalue weighted by Crippen LogP contribution is 2.41. The lowest BCUT2D eigenvalue weighted by Crippen LogP contribution is -2.39. The van der Waals surface area contributed by atoms with E-state index in [1.54, 1.807) is 6.07 Å². The molecule has 1 N–H and O–H groups in total. The van der Waals surface area contributed by atoms with E-state index in [1.165, 1.54) is 0 Å². The van der Waals surface area contributed by atoms with Gasteiger partial charge in [-0.2, -0.15) is 0 Å². The van der Waals surface area contributed by atoms with Crippen molar-refractivity contribution in [1.82, 2.24) is 4.90 Å². The quantitative estimate of drug-likeness (QED) is 0.278. The SMILES string of the molecule is O[C@@H]1c2c(cc(OCc3ccccc3)c(Cl)c2F)C=C[C@H]1N(Cc1ccccc1)Cc1ccccc1. The second kappa shape index (κ2) is 11.1. The standard InChI is InChI=1S/C31H27ClFNO2/c32-29-27(36-21-24-14-8-3-9-15-24)18-25-16-17-26(31(35)28(25)30(29)33)34(19-22-10-4-1-5-11-22)20-23-12-6-2-7-13-23/h1-18,26,31,35H,19-21H2/t26-,31+/m1/s1. The van der Waals surface area contributed by atoms with Crippen LogP contribution in [0.4, 0.5) is 4.39 Å². The van der Waals surface area contributed by atoms with Gasteiger partial charge in [0.25, 0.3) is 0 Å². The Hall–Kier alpha value is -3.44. The third-order valence-electron chi connectivity index (χ3n) is 6.45. The zero-order valence-electron chi connectivity index (χ0n) is 19.7. The predicted octanol–water partition coefficient (Wildman–Crippen LogP) is 7.19. The van der Waals surface area contributed by atoms with Crippen LogP contribution in [0.25, 0.3) is 6.08 Å². The van der Waals surface area contributed by atoms with Crippen LogP contribution in [-0.2, 0) is 19.7 Å². The molecule has 1 aliphatic rings. The van der Waals surface area contributed by atoms with Crippen molar-refractivity contribution in [1.29, 1.82) is 0 Å². The summed E-state index contributed by atoms with van der Waals surface area (Å²) in [5.74, 6) is -0.379. The van der Waals surface area contributed by atoms with Crippen LogP contribution >= 0.6 is 11.6 Å². The number of rotatable bonds is 8. The van der Waals surface area contributed by atoms with E-state index in [-0.39, 0.29) is 22.9 Å². The van der Waals surface area contributed by atoms with Crippen LogP contribution in [0.3, 0.4) is 0 Å². The maximum atomic E-state index is 15.6. The molecule has 4 aromatic carbocycles. The Kier molecular flexibility index (Phi) is 7.47. The normalized spacial score (nSPS) is 16.7. The van der Waals surface area contributed by atoms with Gasteiger partial charge in [-0.15, -0.1) is 0 Å². The molecule has 0 saturated carbocycles. The van der Waals surface area contributed by atoms with Gasteiger partial charge in [-0.05, 0) is 28.3 Å². The first kappa shape index (κ1) is 24.3. The monoisotopic (exact) mass is 499 g/mol. The summed E-state index contributed by atoms with van der Waals surface area (Å²) < 4.78 is 21.4. The Morgan fingerprint density at radius 2 is 1.33 bits per heavy atom. The van der Waals surface area contributed by atoms with Crippen molar-refractivity contribution >= 4 is 17.7 Å². The molecule has 1 aliphatic carbocycles. The van der Waals surface area contributed by atoms with E-state index in [0.29, 0.717) is 18.7 Å². The summed E-state index contributed by atoms with van der Waals surface area (Å²) in [4.78, 5) is 2.15. The van der Waals surface area contributed by atoms with E-state index in [4.69, 9.17) is 16.3 Å². The lowest BCUT2D eigenvalue weighted by Gasteiger charge is -2.36. The number of benzene rings is 4. The van der Waals surface area contributed by atoms with Crippen molar-refractivity contribution in [2.24, 2.45) is 0 Å². The van der Waals surface area contributed by atoms with Crippen LogP contribution in [0.1, 0.15) is 33.9 Å². The first-order valence-electron chi connectivity index (χ1n) is 12.0. The van der Waals surface area contributed by atoms with E-state index in [0.717, 1.165) is 16.7 Å². The fourth-order valence-corrected chi connectivity index (χ4v) is 4.83. The maximum Gasteiger partial charge on any atom is 0.152 e. The number of ether oxygens (including phenoxy) is 1. The van der Waals surface area contributed by atoms with Gasteiger partial charge >= 0.3 is 0 Å². The second-order valence-electron chi connectivity index (χ2n) is 8.95. The van der Waals surface area contributed by atoms with Gasteiger partial charge in [-0.25, -0.2) is 4.39 Å². The zero-order valence-corrected chi connectivity index (χ0v) is 20.5. The highest BCUT2D eigenvalue weighted by atomic mass is 35.5. The molecular formula is C31H27ClFNO2. The topological polar surface area (TPSA) is 32.7 Å². The molecule has 0 aliphatic heterocycles. The smallest absolute Gasteiger partial charge is 0.152 e. The van der Waals surface area contributed by atoms with Crippen molar-refractivity contribution in [2.45, 2.75) is 31.8 Å². The fraction of sp³-hybridized carbons (Fsp3) is 0.161. The molecule has 2 atom stereocenters. The summed E-state index contributed by atoms with van der Waals surface area (Å²) in [6.07, 6.45) is 2.70. The van der Waals surface area contributed by atoms with E-state index in [9.17, 15) is 5.11 Å². The molecule has 0 radical (unpaired) electrons. The van der Waals surface area contributed by atoms with Crippen LogP contribution in [0.5, 0.6) is 5.75 Å². The summed E-state index contributed by atoms with van der Waals surface area (Å²) in [6, 6.07) is 31.1. The van der Waals surface area contributed by atoms with Gasteiger partial charge < -0.3 is 9.84 Å². The van der Waals surface area contributed by atoms with E-state index >= 15 is 4.39 Å². The number of halogens is 2. The van der Waals surface area contributed by atoms with E-state index in [2.05, 4.69) is 29.2 Å². The molecule has 0 spiro atoms. The van der Waals surface area contributed by atoms with Crippen LogP contribution in [0.2, 0.25) is 5.02 Å². The van der Waals surface area contributed by atoms with Gasteiger partial charge in [0, 0.05) is 18.7 Å². The minimum Gasteiger partial charge on any atom is -0.487 e. The third-order valence-corrected chi connectivity index (χ3v) is 6.80. The molecule has 4 aromatic rings. The lowest BCUT2D eigenvalue weighted by atomic mass is 9.89. The average Bonchev–Trinajstić information content (AvgIpc) is 2.91. The van der Waals surface area contributed by atoms with Gasteiger partial charge in [-0.3, -0.25) is 4.90 Å². The molecular weight excluding hydrogens is 473 g/mol. The number of aliphatic hydroxyl groups is 1. The summed E-state index contributed by atoms with van der Waals surface area (Å²) >= 11 is 6.40.